The second-order valence-electron chi connectivity index (χ2n) is 6.84. The molecule has 1 aromatic heterocycles. The quantitative estimate of drug-likeness (QED) is 0.631. The summed E-state index contributed by atoms with van der Waals surface area (Å²) in [5, 5.41) is 1.66. The van der Waals surface area contributed by atoms with Gasteiger partial charge < -0.3 is 18.9 Å². The van der Waals surface area contributed by atoms with Gasteiger partial charge in [-0.05, 0) is 35.9 Å². The zero-order valence-electron chi connectivity index (χ0n) is 15.5. The fraction of sp³-hybridized carbons (Fsp3) is 0.286. The monoisotopic (exact) mass is 384 g/mol. The lowest BCUT2D eigenvalue weighted by Crippen LogP contribution is -2.45. The molecule has 0 unspecified atom stereocenters. The van der Waals surface area contributed by atoms with Gasteiger partial charge in [-0.3, -0.25) is 0 Å². The van der Waals surface area contributed by atoms with E-state index in [1.165, 1.54) is 7.11 Å². The minimum absolute atomic E-state index is 0.313. The number of halogens is 1. The van der Waals surface area contributed by atoms with Gasteiger partial charge in [-0.25, -0.2) is 4.79 Å². The van der Waals surface area contributed by atoms with Crippen molar-refractivity contribution in [2.24, 2.45) is 7.05 Å². The van der Waals surface area contributed by atoms with Gasteiger partial charge in [0.1, 0.15) is 5.75 Å². The maximum Gasteiger partial charge on any atom is 0.340 e. The van der Waals surface area contributed by atoms with E-state index in [4.69, 9.17) is 21.1 Å². The first-order chi connectivity index (χ1) is 13.0. The second kappa shape index (κ2) is 6.82. The Kier molecular flexibility index (Phi) is 4.48. The Labute approximate surface area is 163 Å². The lowest BCUT2D eigenvalue weighted by molar-refractivity contribution is 0.0603. The van der Waals surface area contributed by atoms with Crippen LogP contribution in [0.4, 0.5) is 5.69 Å². The van der Waals surface area contributed by atoms with Crippen LogP contribution in [0.15, 0.2) is 42.6 Å². The summed E-state index contributed by atoms with van der Waals surface area (Å²) in [6, 6.07) is 12.0. The maximum atomic E-state index is 11.9. The SMILES string of the molecule is COC(=O)c1cn(C)c2cc(N3CC(c4ccc(OC)cc4Cl)C3)ccc12. The topological polar surface area (TPSA) is 43.7 Å². The van der Waals surface area contributed by atoms with E-state index in [0.717, 1.165) is 46.0 Å². The van der Waals surface area contributed by atoms with Crippen LogP contribution in [0.1, 0.15) is 21.8 Å². The number of methoxy groups -OCH3 is 2. The summed E-state index contributed by atoms with van der Waals surface area (Å²) in [5.74, 6) is 0.861. The third kappa shape index (κ3) is 3.02. The van der Waals surface area contributed by atoms with Gasteiger partial charge in [-0.15, -0.1) is 0 Å². The van der Waals surface area contributed by atoms with E-state index in [2.05, 4.69) is 17.0 Å². The van der Waals surface area contributed by atoms with Crippen molar-refractivity contribution in [2.45, 2.75) is 5.92 Å². The summed E-state index contributed by atoms with van der Waals surface area (Å²) in [4.78, 5) is 14.3. The lowest BCUT2D eigenvalue weighted by Gasteiger charge is -2.41. The molecule has 1 fully saturated rings. The molecule has 0 aliphatic carbocycles. The number of aromatic nitrogens is 1. The highest BCUT2D eigenvalue weighted by atomic mass is 35.5. The summed E-state index contributed by atoms with van der Waals surface area (Å²) < 4.78 is 12.1. The van der Waals surface area contributed by atoms with Crippen molar-refractivity contribution in [3.8, 4) is 5.75 Å². The number of rotatable bonds is 4. The van der Waals surface area contributed by atoms with Crippen LogP contribution in [-0.2, 0) is 11.8 Å². The Morgan fingerprint density at radius 1 is 1.15 bits per heavy atom. The van der Waals surface area contributed by atoms with E-state index in [9.17, 15) is 4.79 Å². The number of carbonyl (C=O) groups excluding carboxylic acids is 1. The van der Waals surface area contributed by atoms with Gasteiger partial charge in [0.2, 0.25) is 0 Å². The number of hydrogen-bond acceptors (Lipinski definition) is 4. The number of carbonyl (C=O) groups is 1. The zero-order valence-corrected chi connectivity index (χ0v) is 16.3. The van der Waals surface area contributed by atoms with Crippen molar-refractivity contribution in [3.63, 3.8) is 0 Å². The molecule has 27 heavy (non-hydrogen) atoms. The van der Waals surface area contributed by atoms with Crippen LogP contribution in [0.2, 0.25) is 5.02 Å². The summed E-state index contributed by atoms with van der Waals surface area (Å²) in [5.41, 5.74) is 3.90. The van der Waals surface area contributed by atoms with Crippen molar-refractivity contribution in [1.82, 2.24) is 4.57 Å². The van der Waals surface area contributed by atoms with E-state index < -0.39 is 0 Å². The highest BCUT2D eigenvalue weighted by molar-refractivity contribution is 6.31. The minimum atomic E-state index is -0.313. The normalized spacial score (nSPS) is 14.3. The van der Waals surface area contributed by atoms with Crippen LogP contribution in [0.3, 0.4) is 0 Å². The first-order valence-corrected chi connectivity index (χ1v) is 9.15. The van der Waals surface area contributed by atoms with Crippen LogP contribution < -0.4 is 9.64 Å². The Morgan fingerprint density at radius 2 is 1.93 bits per heavy atom. The third-order valence-electron chi connectivity index (χ3n) is 5.27. The zero-order chi connectivity index (χ0) is 19.1. The number of nitrogens with zero attached hydrogens (tertiary/aromatic N) is 2. The number of esters is 1. The lowest BCUT2D eigenvalue weighted by atomic mass is 9.90. The highest BCUT2D eigenvalue weighted by Gasteiger charge is 2.30. The van der Waals surface area contributed by atoms with E-state index >= 15 is 0 Å². The molecule has 0 atom stereocenters. The smallest absolute Gasteiger partial charge is 0.340 e. The standard InChI is InChI=1S/C21H21ClN2O3/c1-23-12-18(21(25)27-3)17-6-4-14(8-20(17)23)24-10-13(11-24)16-7-5-15(26-2)9-19(16)22/h4-9,12-13H,10-11H2,1-3H3. The molecule has 0 spiro atoms. The molecule has 0 bridgehead atoms. The highest BCUT2D eigenvalue weighted by Crippen LogP contribution is 2.37. The molecule has 0 saturated carbocycles. The summed E-state index contributed by atoms with van der Waals surface area (Å²) >= 11 is 6.41. The Balaban J connectivity index is 1.55. The number of aryl methyl sites for hydroxylation is 1. The summed E-state index contributed by atoms with van der Waals surface area (Å²) in [6.45, 7) is 1.82. The molecule has 1 saturated heterocycles. The minimum Gasteiger partial charge on any atom is -0.497 e. The predicted octanol–water partition coefficient (Wildman–Crippen LogP) is 4.23. The molecule has 0 N–H and O–H groups in total. The van der Waals surface area contributed by atoms with E-state index in [1.807, 2.05) is 42.1 Å². The van der Waals surface area contributed by atoms with Gasteiger partial charge in [0.15, 0.2) is 0 Å². The van der Waals surface area contributed by atoms with E-state index in [0.29, 0.717) is 11.5 Å². The summed E-state index contributed by atoms with van der Waals surface area (Å²) in [7, 11) is 4.98. The predicted molar refractivity (Wildman–Crippen MR) is 107 cm³/mol. The molecule has 0 radical (unpaired) electrons. The van der Waals surface area contributed by atoms with Gasteiger partial charge in [-0.1, -0.05) is 17.7 Å². The van der Waals surface area contributed by atoms with Crippen molar-refractivity contribution < 1.29 is 14.3 Å². The summed E-state index contributed by atoms with van der Waals surface area (Å²) in [6.07, 6.45) is 1.82. The first kappa shape index (κ1) is 17.7. The Bertz CT molecular complexity index is 1020. The molecule has 2 aromatic carbocycles. The van der Waals surface area contributed by atoms with Gasteiger partial charge in [0.25, 0.3) is 0 Å². The van der Waals surface area contributed by atoms with Crippen molar-refractivity contribution in [2.75, 3.05) is 32.2 Å². The molecule has 1 aliphatic rings. The Morgan fingerprint density at radius 3 is 2.59 bits per heavy atom. The number of ether oxygens (including phenoxy) is 2. The molecule has 2 heterocycles. The van der Waals surface area contributed by atoms with Crippen molar-refractivity contribution >= 4 is 34.2 Å². The number of benzene rings is 2. The third-order valence-corrected chi connectivity index (χ3v) is 5.60. The molecule has 4 rings (SSSR count). The molecular formula is C21H21ClN2O3. The van der Waals surface area contributed by atoms with E-state index in [-0.39, 0.29) is 5.97 Å². The molecule has 0 amide bonds. The average Bonchev–Trinajstić information content (AvgIpc) is 2.97. The fourth-order valence-electron chi connectivity index (χ4n) is 3.69. The van der Waals surface area contributed by atoms with Gasteiger partial charge in [0, 0.05) is 48.3 Å². The van der Waals surface area contributed by atoms with Gasteiger partial charge in [0.05, 0.1) is 25.3 Å². The number of anilines is 1. The van der Waals surface area contributed by atoms with Crippen LogP contribution in [0, 0.1) is 0 Å². The average molecular weight is 385 g/mol. The number of hydrogen-bond donors (Lipinski definition) is 0. The first-order valence-electron chi connectivity index (χ1n) is 8.77. The van der Waals surface area contributed by atoms with Gasteiger partial charge in [-0.2, -0.15) is 0 Å². The second-order valence-corrected chi connectivity index (χ2v) is 7.24. The maximum absolute atomic E-state index is 11.9. The number of fused-ring (bicyclic) bond motifs is 1. The van der Waals surface area contributed by atoms with Crippen LogP contribution >= 0.6 is 11.6 Å². The molecule has 1 aliphatic heterocycles. The molecule has 6 heteroatoms. The van der Waals surface area contributed by atoms with Crippen LogP contribution in [-0.4, -0.2) is 37.8 Å². The molecule has 140 valence electrons. The van der Waals surface area contributed by atoms with Gasteiger partial charge >= 0.3 is 5.97 Å². The molecular weight excluding hydrogens is 364 g/mol. The van der Waals surface area contributed by atoms with Crippen LogP contribution in [0.25, 0.3) is 10.9 Å². The largest absolute Gasteiger partial charge is 0.497 e. The Hall–Kier alpha value is -2.66. The van der Waals surface area contributed by atoms with Crippen molar-refractivity contribution in [3.05, 3.63) is 58.7 Å². The van der Waals surface area contributed by atoms with E-state index in [1.54, 1.807) is 7.11 Å². The van der Waals surface area contributed by atoms with Crippen molar-refractivity contribution in [1.29, 1.82) is 0 Å². The molecule has 3 aromatic rings. The molecule has 5 nitrogen and oxygen atoms in total. The fourth-order valence-corrected chi connectivity index (χ4v) is 4.02. The van der Waals surface area contributed by atoms with Crippen LogP contribution in [0.5, 0.6) is 5.75 Å².